The molecule has 0 bridgehead atoms. The number of nitrogens with two attached hydrogens (primary N) is 1. The van der Waals surface area contributed by atoms with Crippen LogP contribution in [0.25, 0.3) is 11.3 Å². The Morgan fingerprint density at radius 2 is 1.72 bits per heavy atom. The molecule has 0 saturated heterocycles. The number of benzene rings is 1. The van der Waals surface area contributed by atoms with Gasteiger partial charge in [-0.2, -0.15) is 0 Å². The second-order valence-electron chi connectivity index (χ2n) is 5.90. The number of ketones is 1. The zero-order chi connectivity index (χ0) is 18.5. The van der Waals surface area contributed by atoms with E-state index in [9.17, 15) is 9.59 Å². The molecule has 136 valence electrons. The van der Waals surface area contributed by atoms with E-state index in [0.717, 1.165) is 55.7 Å². The number of Topliss-reactive ketones (excluding diaryl/α,β-unsaturated/α-hetero) is 1. The summed E-state index contributed by atoms with van der Waals surface area (Å²) >= 11 is 0. The first-order valence-corrected chi connectivity index (χ1v) is 8.80. The van der Waals surface area contributed by atoms with Crippen molar-refractivity contribution in [3.63, 3.8) is 0 Å². The lowest BCUT2D eigenvalue weighted by Crippen LogP contribution is -2.01. The van der Waals surface area contributed by atoms with E-state index < -0.39 is 0 Å². The fourth-order valence-corrected chi connectivity index (χ4v) is 2.29. The number of hydrogen-bond donors (Lipinski definition) is 1. The third-order valence-corrected chi connectivity index (χ3v) is 3.60. The van der Waals surface area contributed by atoms with Gasteiger partial charge in [0.1, 0.15) is 5.78 Å². The van der Waals surface area contributed by atoms with Crippen LogP contribution >= 0.6 is 0 Å². The van der Waals surface area contributed by atoms with Crippen molar-refractivity contribution in [3.05, 3.63) is 42.4 Å². The predicted molar refractivity (Wildman–Crippen MR) is 98.9 cm³/mol. The van der Waals surface area contributed by atoms with Crippen LogP contribution < -0.4 is 5.73 Å². The van der Waals surface area contributed by atoms with E-state index in [1.54, 1.807) is 6.20 Å². The van der Waals surface area contributed by atoms with E-state index in [0.29, 0.717) is 12.2 Å². The smallest absolute Gasteiger partial charge is 0.214 e. The summed E-state index contributed by atoms with van der Waals surface area (Å²) < 4.78 is 5.77. The zero-order valence-electron chi connectivity index (χ0n) is 15.2. The number of rotatable bonds is 9. The van der Waals surface area contributed by atoms with Crippen molar-refractivity contribution in [1.82, 2.24) is 4.98 Å². The van der Waals surface area contributed by atoms with Crippen molar-refractivity contribution < 1.29 is 14.0 Å². The summed E-state index contributed by atoms with van der Waals surface area (Å²) in [5.41, 5.74) is 5.54. The Hall–Kier alpha value is -2.43. The van der Waals surface area contributed by atoms with E-state index in [4.69, 9.17) is 4.42 Å². The Morgan fingerprint density at radius 3 is 2.36 bits per heavy atom. The molecule has 0 fully saturated rings. The number of carbonyl (C=O) groups is 2. The first-order chi connectivity index (χ1) is 12.0. The van der Waals surface area contributed by atoms with Crippen molar-refractivity contribution >= 4 is 11.7 Å². The van der Waals surface area contributed by atoms with Crippen LogP contribution in [-0.4, -0.2) is 16.7 Å². The Kier molecular flexibility index (Phi) is 9.90. The maximum atomic E-state index is 11.2. The lowest BCUT2D eigenvalue weighted by atomic mass is 10.1. The topological polar surface area (TPSA) is 86.2 Å². The minimum Gasteiger partial charge on any atom is -0.441 e. The van der Waals surface area contributed by atoms with Crippen LogP contribution in [0.3, 0.4) is 0 Å². The standard InChI is InChI=1S/C18H23NO2.C2H5NO/c1-2-16(20)12-8-3-4-9-13-18-19-14-17(21-18)15-10-6-5-7-11-15;1-2(3)4/h5-7,10-11,14H,2-4,8-9,12-13H2,1H3;1H3,(H2,3,4). The van der Waals surface area contributed by atoms with Crippen molar-refractivity contribution in [3.8, 4) is 11.3 Å². The van der Waals surface area contributed by atoms with E-state index in [-0.39, 0.29) is 5.91 Å². The maximum absolute atomic E-state index is 11.2. The Bertz CT molecular complexity index is 631. The molecule has 0 aliphatic heterocycles. The molecule has 5 nitrogen and oxygen atoms in total. The minimum absolute atomic E-state index is 0.333. The summed E-state index contributed by atoms with van der Waals surface area (Å²) in [5, 5.41) is 0. The minimum atomic E-state index is -0.333. The molecular formula is C20H28N2O3. The molecule has 0 aliphatic rings. The first kappa shape index (κ1) is 20.6. The van der Waals surface area contributed by atoms with E-state index >= 15 is 0 Å². The van der Waals surface area contributed by atoms with Gasteiger partial charge in [-0.05, 0) is 12.8 Å². The zero-order valence-corrected chi connectivity index (χ0v) is 15.2. The van der Waals surface area contributed by atoms with Gasteiger partial charge >= 0.3 is 0 Å². The third kappa shape index (κ3) is 9.45. The van der Waals surface area contributed by atoms with Crippen molar-refractivity contribution in [2.24, 2.45) is 5.73 Å². The number of amides is 1. The van der Waals surface area contributed by atoms with Crippen molar-refractivity contribution in [2.45, 2.75) is 58.8 Å². The quantitative estimate of drug-likeness (QED) is 0.687. The van der Waals surface area contributed by atoms with E-state index in [2.05, 4.69) is 10.7 Å². The molecule has 25 heavy (non-hydrogen) atoms. The molecule has 5 heteroatoms. The Morgan fingerprint density at radius 1 is 1.08 bits per heavy atom. The number of nitrogens with zero attached hydrogens (tertiary/aromatic N) is 1. The van der Waals surface area contributed by atoms with Crippen LogP contribution in [0.2, 0.25) is 0 Å². The fraction of sp³-hybridized carbons (Fsp3) is 0.450. The van der Waals surface area contributed by atoms with E-state index in [1.807, 2.05) is 37.3 Å². The average Bonchev–Trinajstić information content (AvgIpc) is 3.07. The highest BCUT2D eigenvalue weighted by atomic mass is 16.4. The number of unbranched alkanes of at least 4 members (excludes halogenated alkanes) is 3. The summed E-state index contributed by atoms with van der Waals surface area (Å²) in [4.78, 5) is 24.7. The normalized spacial score (nSPS) is 10.0. The number of aromatic nitrogens is 1. The fourth-order valence-electron chi connectivity index (χ4n) is 2.29. The molecule has 0 saturated carbocycles. The summed E-state index contributed by atoms with van der Waals surface area (Å²) in [6, 6.07) is 10.0. The van der Waals surface area contributed by atoms with Gasteiger partial charge < -0.3 is 10.2 Å². The van der Waals surface area contributed by atoms with Gasteiger partial charge in [0.2, 0.25) is 5.91 Å². The molecule has 0 aliphatic carbocycles. The van der Waals surface area contributed by atoms with Gasteiger partial charge in [-0.15, -0.1) is 0 Å². The molecule has 2 N–H and O–H groups in total. The lowest BCUT2D eigenvalue weighted by Gasteiger charge is -1.99. The van der Waals surface area contributed by atoms with Crippen molar-refractivity contribution in [2.75, 3.05) is 0 Å². The molecular weight excluding hydrogens is 316 g/mol. The molecule has 2 rings (SSSR count). The van der Waals surface area contributed by atoms with Gasteiger partial charge in [-0.25, -0.2) is 4.98 Å². The molecule has 1 aromatic heterocycles. The van der Waals surface area contributed by atoms with Crippen LogP contribution in [0.4, 0.5) is 0 Å². The highest BCUT2D eigenvalue weighted by Gasteiger charge is 2.05. The number of hydrogen-bond acceptors (Lipinski definition) is 4. The average molecular weight is 344 g/mol. The van der Waals surface area contributed by atoms with Gasteiger partial charge in [0, 0.05) is 31.7 Å². The molecule has 0 spiro atoms. The van der Waals surface area contributed by atoms with Crippen LogP contribution in [0.15, 0.2) is 40.9 Å². The van der Waals surface area contributed by atoms with Crippen molar-refractivity contribution in [1.29, 1.82) is 0 Å². The summed E-state index contributed by atoms with van der Waals surface area (Å²) in [6.07, 6.45) is 8.37. The van der Waals surface area contributed by atoms with Gasteiger partial charge in [0.25, 0.3) is 0 Å². The van der Waals surface area contributed by atoms with Gasteiger partial charge in [0.05, 0.1) is 6.20 Å². The van der Waals surface area contributed by atoms with Crippen LogP contribution in [0.5, 0.6) is 0 Å². The summed E-state index contributed by atoms with van der Waals surface area (Å²) in [5.74, 6) is 1.67. The predicted octanol–water partition coefficient (Wildman–Crippen LogP) is 4.31. The molecule has 0 unspecified atom stereocenters. The van der Waals surface area contributed by atoms with E-state index in [1.165, 1.54) is 6.92 Å². The maximum Gasteiger partial charge on any atom is 0.214 e. The number of primary amides is 1. The summed E-state index contributed by atoms with van der Waals surface area (Å²) in [7, 11) is 0. The third-order valence-electron chi connectivity index (χ3n) is 3.60. The second-order valence-corrected chi connectivity index (χ2v) is 5.90. The van der Waals surface area contributed by atoms with Crippen LogP contribution in [0, 0.1) is 0 Å². The van der Waals surface area contributed by atoms with Gasteiger partial charge in [-0.3, -0.25) is 9.59 Å². The highest BCUT2D eigenvalue weighted by Crippen LogP contribution is 2.20. The molecule has 2 aromatic rings. The molecule has 0 atom stereocenters. The Labute approximate surface area is 149 Å². The van der Waals surface area contributed by atoms with Crippen LogP contribution in [-0.2, 0) is 16.0 Å². The number of carbonyl (C=O) groups excluding carboxylic acids is 2. The second kappa shape index (κ2) is 12.0. The Balaban J connectivity index is 0.000000705. The first-order valence-electron chi connectivity index (χ1n) is 8.80. The molecule has 1 amide bonds. The SMILES string of the molecule is CC(N)=O.CCC(=O)CCCCCCc1ncc(-c2ccccc2)o1. The van der Waals surface area contributed by atoms with Crippen LogP contribution in [0.1, 0.15) is 58.3 Å². The molecule has 1 aromatic carbocycles. The highest BCUT2D eigenvalue weighted by molar-refractivity contribution is 5.77. The monoisotopic (exact) mass is 344 g/mol. The summed E-state index contributed by atoms with van der Waals surface area (Å²) in [6.45, 7) is 3.23. The van der Waals surface area contributed by atoms with Gasteiger partial charge in [-0.1, -0.05) is 50.1 Å². The molecule has 1 heterocycles. The molecule has 0 radical (unpaired) electrons. The lowest BCUT2D eigenvalue weighted by molar-refractivity contribution is -0.119. The van der Waals surface area contributed by atoms with Gasteiger partial charge in [0.15, 0.2) is 11.7 Å². The number of oxazole rings is 1. The largest absolute Gasteiger partial charge is 0.441 e. The number of aryl methyl sites for hydroxylation is 1.